The Morgan fingerprint density at radius 2 is 1.91 bits per heavy atom. The number of urea groups is 1. The lowest BCUT2D eigenvalue weighted by molar-refractivity contribution is 0.164. The highest BCUT2D eigenvalue weighted by molar-refractivity contribution is 5.93. The van der Waals surface area contributed by atoms with Crippen LogP contribution in [0.4, 0.5) is 25.1 Å². The van der Waals surface area contributed by atoms with Crippen LogP contribution < -0.4 is 10.2 Å². The number of piperazine rings is 1. The summed E-state index contributed by atoms with van der Waals surface area (Å²) in [6, 6.07) is 4.89. The maximum atomic E-state index is 14.4. The Kier molecular flexibility index (Phi) is 6.66. The highest BCUT2D eigenvalue weighted by Crippen LogP contribution is 2.37. The molecule has 2 fully saturated rings. The number of carbonyl (C=O) groups is 1. The van der Waals surface area contributed by atoms with Crippen LogP contribution in [-0.2, 0) is 0 Å². The lowest BCUT2D eigenvalue weighted by Gasteiger charge is -2.32. The first kappa shape index (κ1) is 23.2. The minimum Gasteiger partial charge on any atom is -0.349 e. The van der Waals surface area contributed by atoms with Gasteiger partial charge in [-0.05, 0) is 44.2 Å². The van der Waals surface area contributed by atoms with E-state index in [1.54, 1.807) is 21.8 Å². The van der Waals surface area contributed by atoms with Gasteiger partial charge in [-0.15, -0.1) is 12.4 Å². The monoisotopic (exact) mass is 477 g/mol. The molecule has 1 atom stereocenters. The highest BCUT2D eigenvalue weighted by Gasteiger charge is 2.30. The summed E-state index contributed by atoms with van der Waals surface area (Å²) >= 11 is 0. The average Bonchev–Trinajstić information content (AvgIpc) is 3.43. The number of nitrogens with zero attached hydrogens (tertiary/aromatic N) is 6. The third kappa shape index (κ3) is 4.58. The summed E-state index contributed by atoms with van der Waals surface area (Å²) in [7, 11) is 2.03. The molecule has 0 radical (unpaired) electrons. The number of hydrogen-bond acceptors (Lipinski definition) is 5. The molecule has 3 aromatic rings. The lowest BCUT2D eigenvalue weighted by Crippen LogP contribution is -2.48. The van der Waals surface area contributed by atoms with Crippen molar-refractivity contribution in [2.24, 2.45) is 0 Å². The number of benzene rings is 1. The molecule has 0 unspecified atom stereocenters. The number of halogens is 3. The molecule has 2 saturated heterocycles. The summed E-state index contributed by atoms with van der Waals surface area (Å²) < 4.78 is 29.8. The van der Waals surface area contributed by atoms with Gasteiger partial charge in [0.15, 0.2) is 5.65 Å². The van der Waals surface area contributed by atoms with Crippen molar-refractivity contribution in [1.29, 1.82) is 0 Å². The Morgan fingerprint density at radius 1 is 1.12 bits per heavy atom. The van der Waals surface area contributed by atoms with Crippen LogP contribution in [-0.4, -0.2) is 70.2 Å². The normalized spacial score (nSPS) is 19.1. The molecule has 11 heteroatoms. The molecule has 2 aliphatic heterocycles. The summed E-state index contributed by atoms with van der Waals surface area (Å²) in [5.41, 5.74) is 1.36. The zero-order chi connectivity index (χ0) is 22.2. The summed E-state index contributed by atoms with van der Waals surface area (Å²) in [4.78, 5) is 23.4. The van der Waals surface area contributed by atoms with Crippen LogP contribution in [0.5, 0.6) is 0 Å². The van der Waals surface area contributed by atoms with Crippen LogP contribution in [0.1, 0.15) is 24.4 Å². The number of nitrogens with one attached hydrogen (secondary N) is 1. The van der Waals surface area contributed by atoms with Crippen LogP contribution in [0, 0.1) is 11.6 Å². The maximum absolute atomic E-state index is 14.4. The van der Waals surface area contributed by atoms with Crippen molar-refractivity contribution in [2.45, 2.75) is 18.9 Å². The second-order valence-electron chi connectivity index (χ2n) is 8.35. The summed E-state index contributed by atoms with van der Waals surface area (Å²) in [5.74, 6) is -0.241. The molecule has 5 rings (SSSR count). The Hall–Kier alpha value is -2.98. The third-order valence-corrected chi connectivity index (χ3v) is 6.25. The van der Waals surface area contributed by atoms with Gasteiger partial charge >= 0.3 is 6.03 Å². The fraction of sp³-hybridized carbons (Fsp3) is 0.409. The van der Waals surface area contributed by atoms with Gasteiger partial charge in [-0.1, -0.05) is 0 Å². The summed E-state index contributed by atoms with van der Waals surface area (Å²) in [6.45, 7) is 3.67. The first-order chi connectivity index (χ1) is 15.5. The molecule has 4 heterocycles. The van der Waals surface area contributed by atoms with Crippen LogP contribution in [0.2, 0.25) is 0 Å². The predicted octanol–water partition coefficient (Wildman–Crippen LogP) is 3.55. The van der Waals surface area contributed by atoms with Crippen LogP contribution in [0.25, 0.3) is 5.65 Å². The molecule has 0 bridgehead atoms. The first-order valence-electron chi connectivity index (χ1n) is 10.8. The number of fused-ring (bicyclic) bond motifs is 1. The van der Waals surface area contributed by atoms with Gasteiger partial charge in [0, 0.05) is 44.5 Å². The van der Waals surface area contributed by atoms with Crippen molar-refractivity contribution >= 4 is 35.6 Å². The van der Waals surface area contributed by atoms with Crippen molar-refractivity contribution in [3.63, 3.8) is 0 Å². The molecular formula is C22H26ClF2N7O. The molecule has 1 aromatic carbocycles. The SMILES string of the molecule is CN1CCN(C(=O)Nc2cnn3ccc(N4CCC[C@@H]4c4cc(F)ccc4F)nc23)CC1.Cl. The van der Waals surface area contributed by atoms with Gasteiger partial charge in [-0.3, -0.25) is 0 Å². The Morgan fingerprint density at radius 3 is 2.70 bits per heavy atom. The molecule has 2 amide bonds. The fourth-order valence-electron chi connectivity index (χ4n) is 4.45. The van der Waals surface area contributed by atoms with E-state index in [0.29, 0.717) is 48.8 Å². The van der Waals surface area contributed by atoms with E-state index in [4.69, 9.17) is 4.98 Å². The molecular weight excluding hydrogens is 452 g/mol. The molecule has 8 nitrogen and oxygen atoms in total. The Bertz CT molecular complexity index is 1150. The van der Waals surface area contributed by atoms with Gasteiger partial charge in [0.2, 0.25) is 0 Å². The molecule has 0 saturated carbocycles. The smallest absolute Gasteiger partial charge is 0.322 e. The highest BCUT2D eigenvalue weighted by atomic mass is 35.5. The van der Waals surface area contributed by atoms with E-state index in [0.717, 1.165) is 25.6 Å². The van der Waals surface area contributed by atoms with Gasteiger partial charge in [0.1, 0.15) is 23.1 Å². The van der Waals surface area contributed by atoms with Gasteiger partial charge < -0.3 is 20.0 Å². The minimum atomic E-state index is -0.457. The van der Waals surface area contributed by atoms with E-state index >= 15 is 0 Å². The first-order valence-corrected chi connectivity index (χ1v) is 10.8. The summed E-state index contributed by atoms with van der Waals surface area (Å²) in [6.07, 6.45) is 4.90. The van der Waals surface area contributed by atoms with E-state index < -0.39 is 11.6 Å². The molecule has 176 valence electrons. The number of hydrogen-bond donors (Lipinski definition) is 1. The van der Waals surface area contributed by atoms with E-state index in [1.807, 2.05) is 18.0 Å². The minimum absolute atomic E-state index is 0. The molecule has 0 spiro atoms. The van der Waals surface area contributed by atoms with Crippen molar-refractivity contribution in [1.82, 2.24) is 24.4 Å². The van der Waals surface area contributed by atoms with Gasteiger partial charge in [0.05, 0.1) is 12.2 Å². The Balaban J connectivity index is 0.00000259. The summed E-state index contributed by atoms with van der Waals surface area (Å²) in [5, 5.41) is 7.21. The standard InChI is InChI=1S/C22H25F2N7O.ClH/c1-28-9-11-29(12-10-28)22(32)26-18-14-25-31-8-6-20(27-21(18)31)30-7-2-3-19(30)16-13-15(23)4-5-17(16)24;/h4-6,8,13-14,19H,2-3,7,9-12H2,1H3,(H,26,32);1H/t19-;/m1./s1. The maximum Gasteiger partial charge on any atom is 0.322 e. The van der Waals surface area contributed by atoms with Crippen LogP contribution in [0.15, 0.2) is 36.7 Å². The molecule has 1 N–H and O–H groups in total. The van der Waals surface area contributed by atoms with Crippen molar-refractivity contribution in [3.8, 4) is 0 Å². The van der Waals surface area contributed by atoms with E-state index in [-0.39, 0.29) is 24.5 Å². The van der Waals surface area contributed by atoms with Crippen molar-refractivity contribution in [2.75, 3.05) is 50.0 Å². The Labute approximate surface area is 196 Å². The van der Waals surface area contributed by atoms with Gasteiger partial charge in [-0.25, -0.2) is 23.1 Å². The number of anilines is 2. The second-order valence-corrected chi connectivity index (χ2v) is 8.35. The van der Waals surface area contributed by atoms with E-state index in [1.165, 1.54) is 12.1 Å². The van der Waals surface area contributed by atoms with Crippen LogP contribution >= 0.6 is 12.4 Å². The van der Waals surface area contributed by atoms with Crippen molar-refractivity contribution < 1.29 is 13.6 Å². The molecule has 0 aliphatic carbocycles. The van der Waals surface area contributed by atoms with Crippen molar-refractivity contribution in [3.05, 3.63) is 53.9 Å². The zero-order valence-corrected chi connectivity index (χ0v) is 19.1. The largest absolute Gasteiger partial charge is 0.349 e. The molecule has 2 aromatic heterocycles. The average molecular weight is 478 g/mol. The van der Waals surface area contributed by atoms with E-state index in [9.17, 15) is 13.6 Å². The number of likely N-dealkylation sites (N-methyl/N-ethyl adjacent to an activating group) is 1. The quantitative estimate of drug-likeness (QED) is 0.625. The van der Waals surface area contributed by atoms with Gasteiger partial charge in [-0.2, -0.15) is 5.10 Å². The second kappa shape index (κ2) is 9.48. The molecule has 33 heavy (non-hydrogen) atoms. The van der Waals surface area contributed by atoms with Gasteiger partial charge in [0.25, 0.3) is 0 Å². The number of amides is 2. The number of carbonyl (C=O) groups excluding carboxylic acids is 1. The zero-order valence-electron chi connectivity index (χ0n) is 18.2. The molecule has 2 aliphatic rings. The number of aromatic nitrogens is 3. The topological polar surface area (TPSA) is 69.0 Å². The third-order valence-electron chi connectivity index (χ3n) is 6.25. The lowest BCUT2D eigenvalue weighted by atomic mass is 10.0. The number of rotatable bonds is 3. The fourth-order valence-corrected chi connectivity index (χ4v) is 4.45. The van der Waals surface area contributed by atoms with Crippen LogP contribution in [0.3, 0.4) is 0 Å². The van der Waals surface area contributed by atoms with E-state index in [2.05, 4.69) is 15.3 Å². The predicted molar refractivity (Wildman–Crippen MR) is 124 cm³/mol.